The summed E-state index contributed by atoms with van der Waals surface area (Å²) in [5.41, 5.74) is 1.31. The maximum absolute atomic E-state index is 13.3. The number of hydrogen-bond acceptors (Lipinski definition) is 9. The molecule has 0 bridgehead atoms. The first-order chi connectivity index (χ1) is 17.8. The average molecular weight is 519 g/mol. The first-order valence-electron chi connectivity index (χ1n) is 12.6. The maximum atomic E-state index is 13.3. The molecule has 2 amide bonds. The molecule has 11 heteroatoms. The van der Waals surface area contributed by atoms with Crippen LogP contribution in [0.15, 0.2) is 23.8 Å². The lowest BCUT2D eigenvalue weighted by molar-refractivity contribution is -0.149. The lowest BCUT2D eigenvalue weighted by Crippen LogP contribution is -2.58. The van der Waals surface area contributed by atoms with Crippen LogP contribution in [-0.4, -0.2) is 95.6 Å². The van der Waals surface area contributed by atoms with Crippen LogP contribution >= 0.6 is 0 Å². The zero-order chi connectivity index (χ0) is 26.7. The largest absolute Gasteiger partial charge is 0.493 e. The van der Waals surface area contributed by atoms with E-state index in [2.05, 4.69) is 5.32 Å². The van der Waals surface area contributed by atoms with Gasteiger partial charge in [-0.1, -0.05) is 6.92 Å². The van der Waals surface area contributed by atoms with Crippen molar-refractivity contribution < 1.29 is 43.9 Å². The Balaban J connectivity index is 1.80. The van der Waals surface area contributed by atoms with Crippen LogP contribution in [0.3, 0.4) is 0 Å². The minimum Gasteiger partial charge on any atom is -0.493 e. The van der Waals surface area contributed by atoms with E-state index in [1.54, 1.807) is 19.1 Å². The van der Waals surface area contributed by atoms with E-state index in [9.17, 15) is 29.7 Å². The number of fused-ring (bicyclic) bond motifs is 3. The number of hydrogen-bond donors (Lipinski definition) is 4. The molecule has 0 aromatic heterocycles. The molecule has 1 aromatic rings. The average Bonchev–Trinajstić information content (AvgIpc) is 3.57. The smallest absolute Gasteiger partial charge is 0.290 e. The van der Waals surface area contributed by atoms with Gasteiger partial charge >= 0.3 is 0 Å². The van der Waals surface area contributed by atoms with Gasteiger partial charge in [-0.15, -0.1) is 0 Å². The van der Waals surface area contributed by atoms with Gasteiger partial charge in [0.05, 0.1) is 38.4 Å². The van der Waals surface area contributed by atoms with Crippen LogP contribution < -0.4 is 14.8 Å². The van der Waals surface area contributed by atoms with E-state index >= 15 is 0 Å². The van der Waals surface area contributed by atoms with E-state index in [1.165, 1.54) is 18.1 Å². The molecule has 2 heterocycles. The number of aliphatic hydroxyl groups is 3. The molecule has 0 radical (unpaired) electrons. The summed E-state index contributed by atoms with van der Waals surface area (Å²) in [7, 11) is 1.45. The highest BCUT2D eigenvalue weighted by molar-refractivity contribution is 6.36. The van der Waals surface area contributed by atoms with Crippen molar-refractivity contribution in [3.05, 3.63) is 34.9 Å². The van der Waals surface area contributed by atoms with Crippen LogP contribution in [0.5, 0.6) is 11.5 Å². The van der Waals surface area contributed by atoms with E-state index in [1.807, 2.05) is 0 Å². The molecule has 1 aromatic carbocycles. The lowest BCUT2D eigenvalue weighted by atomic mass is 9.77. The van der Waals surface area contributed by atoms with E-state index in [-0.39, 0.29) is 44.4 Å². The van der Waals surface area contributed by atoms with Crippen molar-refractivity contribution in [3.8, 4) is 11.5 Å². The maximum Gasteiger partial charge on any atom is 0.290 e. The molecule has 3 aliphatic rings. The van der Waals surface area contributed by atoms with Crippen LogP contribution in [0.25, 0.3) is 0 Å². The number of benzene rings is 1. The van der Waals surface area contributed by atoms with Crippen LogP contribution in [0, 0.1) is 0 Å². The van der Waals surface area contributed by atoms with Gasteiger partial charge in [0, 0.05) is 37.3 Å². The van der Waals surface area contributed by atoms with E-state index in [0.29, 0.717) is 35.7 Å². The number of Topliss-reactive ketones (excluding diaryl/α,β-unsaturated/α-hetero) is 1. The molecule has 1 saturated heterocycles. The molecule has 4 rings (SSSR count). The van der Waals surface area contributed by atoms with Gasteiger partial charge < -0.3 is 39.7 Å². The Bertz CT molecular complexity index is 1070. The van der Waals surface area contributed by atoms with Crippen molar-refractivity contribution in [1.82, 2.24) is 10.2 Å². The zero-order valence-corrected chi connectivity index (χ0v) is 21.0. The van der Waals surface area contributed by atoms with E-state index < -0.39 is 41.8 Å². The number of amides is 2. The van der Waals surface area contributed by atoms with Crippen LogP contribution in [0.4, 0.5) is 0 Å². The fraction of sp³-hybridized carbons (Fsp3) is 0.577. The minimum atomic E-state index is -1.29. The van der Waals surface area contributed by atoms with E-state index in [0.717, 1.165) is 6.42 Å². The van der Waals surface area contributed by atoms with Crippen molar-refractivity contribution >= 4 is 17.6 Å². The van der Waals surface area contributed by atoms with Gasteiger partial charge in [0.25, 0.3) is 5.91 Å². The summed E-state index contributed by atoms with van der Waals surface area (Å²) >= 11 is 0. The Labute approximate surface area is 215 Å². The second-order valence-corrected chi connectivity index (χ2v) is 9.39. The number of carbonyl (C=O) groups excluding carboxylic acids is 3. The highest BCUT2D eigenvalue weighted by Crippen LogP contribution is 2.51. The van der Waals surface area contributed by atoms with Crippen molar-refractivity contribution in [3.63, 3.8) is 0 Å². The first kappa shape index (κ1) is 27.1. The van der Waals surface area contributed by atoms with Gasteiger partial charge in [-0.05, 0) is 36.6 Å². The quantitative estimate of drug-likeness (QED) is 0.308. The third-order valence-corrected chi connectivity index (χ3v) is 7.10. The molecule has 202 valence electrons. The summed E-state index contributed by atoms with van der Waals surface area (Å²) in [5.74, 6) is -1.95. The van der Waals surface area contributed by atoms with Gasteiger partial charge in [-0.2, -0.15) is 0 Å². The molecule has 11 nitrogen and oxygen atoms in total. The summed E-state index contributed by atoms with van der Waals surface area (Å²) < 4.78 is 17.3. The standard InChI is InChI=1S/C26H34N2O9/c1-3-19(31)26(34)28(12-15-5-4-8-36-15)18-11-17(25(33)27-6-7-29)21-16-9-14(13-30)10-20(35-2)23(16)37-24(21)22(18)32/h9-11,15,18,21-22,24,29-30,32H,3-8,12-13H2,1-2H3,(H,27,33). The Morgan fingerprint density at radius 3 is 2.65 bits per heavy atom. The summed E-state index contributed by atoms with van der Waals surface area (Å²) in [6.07, 6.45) is 0.464. The predicted molar refractivity (Wildman–Crippen MR) is 130 cm³/mol. The molecular formula is C26H34N2O9. The Morgan fingerprint density at radius 1 is 1.24 bits per heavy atom. The summed E-state index contributed by atoms with van der Waals surface area (Å²) in [6.45, 7) is 1.66. The summed E-state index contributed by atoms with van der Waals surface area (Å²) in [5, 5.41) is 33.2. The molecule has 37 heavy (non-hydrogen) atoms. The van der Waals surface area contributed by atoms with Gasteiger partial charge in [-0.3, -0.25) is 14.4 Å². The SMILES string of the molecule is CCC(=O)C(=O)N(CC1CCCO1)C1C=C(C(=O)NCCO)C2c3cc(CO)cc(OC)c3OC2C1O. The second kappa shape index (κ2) is 11.6. The van der Waals surface area contributed by atoms with E-state index in [4.69, 9.17) is 14.2 Å². The Morgan fingerprint density at radius 2 is 2.03 bits per heavy atom. The lowest BCUT2D eigenvalue weighted by Gasteiger charge is -2.41. The molecule has 1 aliphatic carbocycles. The second-order valence-electron chi connectivity index (χ2n) is 9.39. The highest BCUT2D eigenvalue weighted by atomic mass is 16.5. The molecule has 5 unspecified atom stereocenters. The van der Waals surface area contributed by atoms with Crippen molar-refractivity contribution in [2.24, 2.45) is 0 Å². The van der Waals surface area contributed by atoms with Gasteiger partial charge in [0.2, 0.25) is 11.7 Å². The van der Waals surface area contributed by atoms with Crippen molar-refractivity contribution in [2.45, 2.75) is 63.1 Å². The van der Waals surface area contributed by atoms with Gasteiger partial charge in [0.15, 0.2) is 11.5 Å². The third-order valence-electron chi connectivity index (χ3n) is 7.10. The van der Waals surface area contributed by atoms with Crippen LogP contribution in [0.2, 0.25) is 0 Å². The first-order valence-corrected chi connectivity index (χ1v) is 12.6. The minimum absolute atomic E-state index is 0.00136. The molecule has 1 fully saturated rings. The number of aliphatic hydroxyl groups excluding tert-OH is 3. The molecule has 2 aliphatic heterocycles. The Kier molecular flexibility index (Phi) is 8.48. The van der Waals surface area contributed by atoms with Crippen LogP contribution in [0.1, 0.15) is 43.2 Å². The fourth-order valence-electron chi connectivity index (χ4n) is 5.28. The molecule has 4 N–H and O–H groups in total. The van der Waals surface area contributed by atoms with Gasteiger partial charge in [0.1, 0.15) is 12.2 Å². The zero-order valence-electron chi connectivity index (χ0n) is 21.0. The van der Waals surface area contributed by atoms with Gasteiger partial charge in [-0.25, -0.2) is 0 Å². The number of methoxy groups -OCH3 is 1. The number of rotatable bonds is 10. The summed E-state index contributed by atoms with van der Waals surface area (Å²) in [4.78, 5) is 40.3. The highest BCUT2D eigenvalue weighted by Gasteiger charge is 2.52. The molecule has 0 saturated carbocycles. The van der Waals surface area contributed by atoms with Crippen LogP contribution in [-0.2, 0) is 25.7 Å². The number of carbonyl (C=O) groups is 3. The third kappa shape index (κ3) is 5.22. The molecule has 5 atom stereocenters. The number of nitrogens with zero attached hydrogens (tertiary/aromatic N) is 1. The predicted octanol–water partition coefficient (Wildman–Crippen LogP) is -0.203. The Hall–Kier alpha value is -2.99. The fourth-order valence-corrected chi connectivity index (χ4v) is 5.28. The molecular weight excluding hydrogens is 484 g/mol. The monoisotopic (exact) mass is 518 g/mol. The number of nitrogens with one attached hydrogen (secondary N) is 1. The van der Waals surface area contributed by atoms with Crippen molar-refractivity contribution in [1.29, 1.82) is 0 Å². The summed E-state index contributed by atoms with van der Waals surface area (Å²) in [6, 6.07) is 2.27. The normalized spacial score (nSPS) is 26.0. The topological polar surface area (TPSA) is 155 Å². The number of ketones is 1. The van der Waals surface area contributed by atoms with Crippen molar-refractivity contribution in [2.75, 3.05) is 33.4 Å². The number of ether oxygens (including phenoxy) is 3. The molecule has 0 spiro atoms.